The zero-order valence-corrected chi connectivity index (χ0v) is 14.8. The Kier molecular flexibility index (Phi) is 4.58. The minimum Gasteiger partial charge on any atom is -0.462 e. The normalized spacial score (nSPS) is 10.9. The van der Waals surface area contributed by atoms with Gasteiger partial charge in [0.15, 0.2) is 0 Å². The van der Waals surface area contributed by atoms with Crippen LogP contribution in [-0.4, -0.2) is 29.6 Å². The highest BCUT2D eigenvalue weighted by Gasteiger charge is 2.21. The molecule has 23 heavy (non-hydrogen) atoms. The topological polar surface area (TPSA) is 55.3 Å². The van der Waals surface area contributed by atoms with Crippen molar-refractivity contribution in [2.45, 2.75) is 20.4 Å². The molecule has 0 spiro atoms. The molecule has 3 rings (SSSR count). The summed E-state index contributed by atoms with van der Waals surface area (Å²) < 4.78 is 5.13. The fraction of sp³-hybridized carbons (Fsp3) is 0.312. The molecule has 0 radical (unpaired) electrons. The van der Waals surface area contributed by atoms with E-state index in [0.717, 1.165) is 28.1 Å². The van der Waals surface area contributed by atoms with Crippen LogP contribution >= 0.6 is 22.7 Å². The molecule has 0 aliphatic carbocycles. The van der Waals surface area contributed by atoms with E-state index < -0.39 is 0 Å². The lowest BCUT2D eigenvalue weighted by molar-refractivity contribution is 0.0531. The summed E-state index contributed by atoms with van der Waals surface area (Å²) in [5, 5.41) is 5.12. The van der Waals surface area contributed by atoms with Crippen LogP contribution in [0.25, 0.3) is 10.2 Å². The maximum Gasteiger partial charge on any atom is 0.348 e. The number of carbonyl (C=O) groups excluding carboxylic acids is 1. The molecule has 0 fully saturated rings. The Morgan fingerprint density at radius 3 is 2.91 bits per heavy atom. The maximum atomic E-state index is 12.1. The molecule has 0 aromatic carbocycles. The number of rotatable bonds is 5. The molecule has 3 heterocycles. The minimum atomic E-state index is -0.292. The third-order valence-corrected chi connectivity index (χ3v) is 5.44. The molecule has 5 nitrogen and oxygen atoms in total. The van der Waals surface area contributed by atoms with Gasteiger partial charge in [-0.25, -0.2) is 14.8 Å². The Morgan fingerprint density at radius 1 is 1.39 bits per heavy atom. The van der Waals surface area contributed by atoms with Crippen molar-refractivity contribution in [3.05, 3.63) is 39.2 Å². The van der Waals surface area contributed by atoms with Crippen molar-refractivity contribution in [1.82, 2.24) is 9.97 Å². The van der Waals surface area contributed by atoms with Crippen molar-refractivity contribution in [3.63, 3.8) is 0 Å². The molecule has 0 amide bonds. The summed E-state index contributed by atoms with van der Waals surface area (Å²) in [5.74, 6) is 0.546. The second kappa shape index (κ2) is 6.64. The number of ether oxygens (including phenoxy) is 1. The van der Waals surface area contributed by atoms with Crippen LogP contribution in [-0.2, 0) is 11.3 Å². The van der Waals surface area contributed by atoms with Crippen molar-refractivity contribution in [1.29, 1.82) is 0 Å². The second-order valence-electron chi connectivity index (χ2n) is 5.14. The first kappa shape index (κ1) is 15.9. The smallest absolute Gasteiger partial charge is 0.348 e. The van der Waals surface area contributed by atoms with Crippen LogP contribution in [0.4, 0.5) is 5.82 Å². The van der Waals surface area contributed by atoms with Gasteiger partial charge in [0.1, 0.15) is 21.9 Å². The van der Waals surface area contributed by atoms with E-state index in [-0.39, 0.29) is 5.97 Å². The predicted octanol–water partition coefficient (Wildman–Crippen LogP) is 3.87. The SMILES string of the molecule is CCOC(=O)c1sc2ncnc(N(C)Cc3ccsc3)c2c1C. The summed E-state index contributed by atoms with van der Waals surface area (Å²) in [6.07, 6.45) is 1.55. The number of hydrogen-bond acceptors (Lipinski definition) is 7. The van der Waals surface area contributed by atoms with E-state index in [2.05, 4.69) is 31.7 Å². The predicted molar refractivity (Wildman–Crippen MR) is 94.5 cm³/mol. The molecule has 0 atom stereocenters. The number of aryl methyl sites for hydroxylation is 1. The molecule has 0 saturated carbocycles. The van der Waals surface area contributed by atoms with Gasteiger partial charge >= 0.3 is 5.97 Å². The number of carbonyl (C=O) groups is 1. The number of anilines is 1. The van der Waals surface area contributed by atoms with Crippen LogP contribution in [0.1, 0.15) is 27.7 Å². The molecule has 0 unspecified atom stereocenters. The highest BCUT2D eigenvalue weighted by atomic mass is 32.1. The van der Waals surface area contributed by atoms with E-state index in [0.29, 0.717) is 11.5 Å². The van der Waals surface area contributed by atoms with E-state index in [4.69, 9.17) is 4.74 Å². The van der Waals surface area contributed by atoms with E-state index in [1.54, 1.807) is 24.6 Å². The van der Waals surface area contributed by atoms with E-state index >= 15 is 0 Å². The molecule has 0 bridgehead atoms. The lowest BCUT2D eigenvalue weighted by Crippen LogP contribution is -2.17. The average molecular weight is 347 g/mol. The van der Waals surface area contributed by atoms with Gasteiger partial charge in [-0.05, 0) is 41.8 Å². The van der Waals surface area contributed by atoms with Gasteiger partial charge in [-0.2, -0.15) is 11.3 Å². The molecule has 3 aromatic rings. The fourth-order valence-corrected chi connectivity index (χ4v) is 4.16. The van der Waals surface area contributed by atoms with Crippen molar-refractivity contribution in [3.8, 4) is 0 Å². The number of esters is 1. The summed E-state index contributed by atoms with van der Waals surface area (Å²) >= 11 is 3.04. The Labute approximate surface area is 142 Å². The molecule has 3 aromatic heterocycles. The van der Waals surface area contributed by atoms with Crippen LogP contribution < -0.4 is 4.90 Å². The molecule has 0 aliphatic heterocycles. The first-order valence-electron chi connectivity index (χ1n) is 7.25. The quantitative estimate of drug-likeness (QED) is 0.656. The van der Waals surface area contributed by atoms with Crippen LogP contribution in [0.3, 0.4) is 0 Å². The second-order valence-corrected chi connectivity index (χ2v) is 6.92. The third kappa shape index (κ3) is 3.07. The maximum absolute atomic E-state index is 12.1. The summed E-state index contributed by atoms with van der Waals surface area (Å²) in [7, 11) is 2.00. The highest BCUT2D eigenvalue weighted by molar-refractivity contribution is 7.20. The van der Waals surface area contributed by atoms with Crippen molar-refractivity contribution in [2.75, 3.05) is 18.6 Å². The lowest BCUT2D eigenvalue weighted by atomic mass is 10.2. The first-order chi connectivity index (χ1) is 11.1. The van der Waals surface area contributed by atoms with Crippen molar-refractivity contribution < 1.29 is 9.53 Å². The summed E-state index contributed by atoms with van der Waals surface area (Å²) in [5.41, 5.74) is 2.12. The summed E-state index contributed by atoms with van der Waals surface area (Å²) in [6.45, 7) is 4.86. The van der Waals surface area contributed by atoms with Crippen LogP contribution in [0.5, 0.6) is 0 Å². The van der Waals surface area contributed by atoms with E-state index in [1.807, 2.05) is 14.0 Å². The Hall–Kier alpha value is -1.99. The summed E-state index contributed by atoms with van der Waals surface area (Å²) in [6, 6.07) is 2.10. The van der Waals surface area contributed by atoms with E-state index in [1.165, 1.54) is 16.9 Å². The van der Waals surface area contributed by atoms with Crippen LogP contribution in [0, 0.1) is 6.92 Å². The number of fused-ring (bicyclic) bond motifs is 1. The number of thiophene rings is 2. The Balaban J connectivity index is 2.02. The molecule has 0 N–H and O–H groups in total. The van der Waals surface area contributed by atoms with Crippen LogP contribution in [0.2, 0.25) is 0 Å². The Bertz CT molecular complexity index is 827. The fourth-order valence-electron chi connectivity index (χ4n) is 2.47. The molecule has 0 saturated heterocycles. The Morgan fingerprint density at radius 2 is 2.22 bits per heavy atom. The highest BCUT2D eigenvalue weighted by Crippen LogP contribution is 2.35. The van der Waals surface area contributed by atoms with E-state index in [9.17, 15) is 4.79 Å². The molecule has 7 heteroatoms. The van der Waals surface area contributed by atoms with Gasteiger partial charge < -0.3 is 9.64 Å². The standard InChI is InChI=1S/C16H17N3O2S2/c1-4-21-16(20)13-10(2)12-14(17-9-18-15(12)23-13)19(3)7-11-5-6-22-8-11/h5-6,8-9H,4,7H2,1-3H3. The lowest BCUT2D eigenvalue weighted by Gasteiger charge is -2.18. The van der Waals surface area contributed by atoms with Gasteiger partial charge in [0.05, 0.1) is 12.0 Å². The number of nitrogens with zero attached hydrogens (tertiary/aromatic N) is 3. The molecular weight excluding hydrogens is 330 g/mol. The largest absolute Gasteiger partial charge is 0.462 e. The van der Waals surface area contributed by atoms with Gasteiger partial charge in [-0.1, -0.05) is 0 Å². The van der Waals surface area contributed by atoms with Gasteiger partial charge in [0.2, 0.25) is 0 Å². The van der Waals surface area contributed by atoms with Crippen molar-refractivity contribution >= 4 is 44.7 Å². The monoisotopic (exact) mass is 347 g/mol. The molecular formula is C16H17N3O2S2. The molecule has 0 aliphatic rings. The van der Waals surface area contributed by atoms with Gasteiger partial charge in [-0.15, -0.1) is 11.3 Å². The molecule has 120 valence electrons. The minimum absolute atomic E-state index is 0.292. The third-order valence-electron chi connectivity index (χ3n) is 3.53. The average Bonchev–Trinajstić information content (AvgIpc) is 3.15. The van der Waals surface area contributed by atoms with Crippen molar-refractivity contribution in [2.24, 2.45) is 0 Å². The van der Waals surface area contributed by atoms with Gasteiger partial charge in [0.25, 0.3) is 0 Å². The number of aromatic nitrogens is 2. The van der Waals surface area contributed by atoms with Crippen LogP contribution in [0.15, 0.2) is 23.2 Å². The zero-order valence-electron chi connectivity index (χ0n) is 13.2. The van der Waals surface area contributed by atoms with Gasteiger partial charge in [0, 0.05) is 13.6 Å². The summed E-state index contributed by atoms with van der Waals surface area (Å²) in [4.78, 5) is 24.4. The first-order valence-corrected chi connectivity index (χ1v) is 9.01. The number of hydrogen-bond donors (Lipinski definition) is 0. The zero-order chi connectivity index (χ0) is 16.4. The van der Waals surface area contributed by atoms with Gasteiger partial charge in [-0.3, -0.25) is 0 Å².